The average Bonchev–Trinajstić information content (AvgIpc) is 2.61. The fourth-order valence-corrected chi connectivity index (χ4v) is 2.44. The van der Waals surface area contributed by atoms with Crippen LogP contribution in [0.2, 0.25) is 5.02 Å². The number of amides is 2. The van der Waals surface area contributed by atoms with Gasteiger partial charge in [0.25, 0.3) is 5.91 Å². The van der Waals surface area contributed by atoms with E-state index in [4.69, 9.17) is 16.3 Å². The van der Waals surface area contributed by atoms with Crippen LogP contribution in [-0.2, 0) is 16.0 Å². The molecule has 0 heterocycles. The maximum absolute atomic E-state index is 13.3. The Kier molecular flexibility index (Phi) is 8.09. The first-order valence-corrected chi connectivity index (χ1v) is 8.88. The minimum absolute atomic E-state index is 0.0510. The van der Waals surface area contributed by atoms with Crippen LogP contribution in [0.4, 0.5) is 13.2 Å². The molecule has 0 saturated heterocycles. The second-order valence-corrected chi connectivity index (χ2v) is 6.48. The van der Waals surface area contributed by atoms with E-state index in [9.17, 15) is 22.8 Å². The Balaban J connectivity index is 1.67. The molecule has 154 valence electrons. The zero-order valence-electron chi connectivity index (χ0n) is 15.2. The van der Waals surface area contributed by atoms with E-state index in [1.807, 2.05) is 0 Å². The van der Waals surface area contributed by atoms with Gasteiger partial charge in [0.15, 0.2) is 6.61 Å². The molecule has 2 aromatic carbocycles. The van der Waals surface area contributed by atoms with E-state index in [0.717, 1.165) is 24.3 Å². The quantitative estimate of drug-likeness (QED) is 0.644. The van der Waals surface area contributed by atoms with Gasteiger partial charge < -0.3 is 15.4 Å². The highest BCUT2D eigenvalue weighted by Gasteiger charge is 2.09. The molecule has 29 heavy (non-hydrogen) atoms. The van der Waals surface area contributed by atoms with Gasteiger partial charge in [-0.1, -0.05) is 18.2 Å². The van der Waals surface area contributed by atoms with Crippen LogP contribution in [0, 0.1) is 17.5 Å². The van der Waals surface area contributed by atoms with Gasteiger partial charge in [0, 0.05) is 30.8 Å². The molecule has 0 saturated carbocycles. The van der Waals surface area contributed by atoms with Crippen LogP contribution < -0.4 is 15.4 Å². The summed E-state index contributed by atoms with van der Waals surface area (Å²) in [6.45, 7) is 3.51. The van der Waals surface area contributed by atoms with Gasteiger partial charge in [-0.2, -0.15) is 0 Å². The van der Waals surface area contributed by atoms with Crippen molar-refractivity contribution in [2.45, 2.75) is 12.8 Å². The zero-order valence-corrected chi connectivity index (χ0v) is 16.0. The molecule has 2 rings (SSSR count). The molecule has 5 nitrogen and oxygen atoms in total. The van der Waals surface area contributed by atoms with Crippen molar-refractivity contribution < 1.29 is 27.5 Å². The van der Waals surface area contributed by atoms with Gasteiger partial charge in [-0.3, -0.25) is 9.59 Å². The molecule has 0 radical (unpaired) electrons. The van der Waals surface area contributed by atoms with E-state index in [0.29, 0.717) is 5.70 Å². The van der Waals surface area contributed by atoms with Crippen LogP contribution in [-0.4, -0.2) is 25.0 Å². The molecule has 0 unspecified atom stereocenters. The number of nitrogens with one attached hydrogen (secondary N) is 2. The highest BCUT2D eigenvalue weighted by Crippen LogP contribution is 2.20. The van der Waals surface area contributed by atoms with Gasteiger partial charge in [0.05, 0.1) is 11.4 Å². The van der Waals surface area contributed by atoms with Crippen LogP contribution in [0.25, 0.3) is 0 Å². The summed E-state index contributed by atoms with van der Waals surface area (Å²) in [6, 6.07) is 6.67. The molecule has 2 aromatic rings. The molecule has 0 aliphatic rings. The second-order valence-electron chi connectivity index (χ2n) is 6.07. The van der Waals surface area contributed by atoms with Crippen molar-refractivity contribution in [3.05, 3.63) is 76.7 Å². The highest BCUT2D eigenvalue weighted by atomic mass is 35.5. The summed E-state index contributed by atoms with van der Waals surface area (Å²) in [6.07, 6.45) is 0.0239. The Morgan fingerprint density at radius 2 is 1.72 bits per heavy atom. The molecular weight excluding hydrogens is 409 g/mol. The lowest BCUT2D eigenvalue weighted by Gasteiger charge is -2.10. The first-order chi connectivity index (χ1) is 13.7. The fourth-order valence-electron chi connectivity index (χ4n) is 2.32. The highest BCUT2D eigenvalue weighted by molar-refractivity contribution is 6.30. The molecule has 0 spiro atoms. The van der Waals surface area contributed by atoms with Gasteiger partial charge in [0.2, 0.25) is 5.91 Å². The van der Waals surface area contributed by atoms with E-state index in [1.165, 1.54) is 12.1 Å². The summed E-state index contributed by atoms with van der Waals surface area (Å²) in [7, 11) is 0. The third-order valence-corrected chi connectivity index (χ3v) is 3.92. The molecule has 0 aromatic heterocycles. The van der Waals surface area contributed by atoms with Crippen LogP contribution in [0.5, 0.6) is 5.75 Å². The van der Waals surface area contributed by atoms with Crippen molar-refractivity contribution in [1.82, 2.24) is 10.6 Å². The van der Waals surface area contributed by atoms with Crippen molar-refractivity contribution in [2.75, 3.05) is 13.2 Å². The zero-order chi connectivity index (χ0) is 21.4. The molecule has 0 atom stereocenters. The number of rotatable bonds is 9. The summed E-state index contributed by atoms with van der Waals surface area (Å²) in [5.74, 6) is -2.96. The number of hydrogen-bond acceptors (Lipinski definition) is 3. The van der Waals surface area contributed by atoms with Crippen LogP contribution >= 0.6 is 11.6 Å². The van der Waals surface area contributed by atoms with Gasteiger partial charge >= 0.3 is 0 Å². The third-order valence-electron chi connectivity index (χ3n) is 3.61. The van der Waals surface area contributed by atoms with E-state index in [-0.39, 0.29) is 42.3 Å². The minimum Gasteiger partial charge on any atom is -0.484 e. The SMILES string of the molecule is C=C(CCNC(=O)COc1ccc(Cl)c(F)c1)NC(=O)Cc1cc(F)cc(F)c1. The lowest BCUT2D eigenvalue weighted by molar-refractivity contribution is -0.123. The predicted molar refractivity (Wildman–Crippen MR) is 102 cm³/mol. The molecule has 2 N–H and O–H groups in total. The van der Waals surface area contributed by atoms with Crippen molar-refractivity contribution in [2.24, 2.45) is 0 Å². The minimum atomic E-state index is -0.766. The summed E-state index contributed by atoms with van der Waals surface area (Å²) in [5, 5.41) is 5.00. The summed E-state index contributed by atoms with van der Waals surface area (Å²) >= 11 is 5.56. The standard InChI is InChI=1S/C20H18ClF3N2O3/c1-12(26-19(27)8-13-6-14(22)9-15(23)7-13)4-5-25-20(28)11-29-16-2-3-17(21)18(24)10-16/h2-3,6-7,9-10H,1,4-5,8,11H2,(H,25,28)(H,26,27). The van der Waals surface area contributed by atoms with Crippen LogP contribution in [0.15, 0.2) is 48.7 Å². The first kappa shape index (κ1) is 22.3. The normalized spacial score (nSPS) is 10.3. The number of carbonyl (C=O) groups excluding carboxylic acids is 2. The Labute approximate surface area is 170 Å². The van der Waals surface area contributed by atoms with Crippen LogP contribution in [0.3, 0.4) is 0 Å². The number of benzene rings is 2. The van der Waals surface area contributed by atoms with Crippen molar-refractivity contribution >= 4 is 23.4 Å². The largest absolute Gasteiger partial charge is 0.484 e. The molecule has 2 amide bonds. The Hall–Kier alpha value is -3.00. The number of halogens is 4. The van der Waals surface area contributed by atoms with Gasteiger partial charge in [-0.15, -0.1) is 0 Å². The molecular formula is C20H18ClF3N2O3. The van der Waals surface area contributed by atoms with Crippen molar-refractivity contribution in [3.63, 3.8) is 0 Å². The number of ether oxygens (including phenoxy) is 1. The van der Waals surface area contributed by atoms with Crippen molar-refractivity contribution in [3.8, 4) is 5.75 Å². The fraction of sp³-hybridized carbons (Fsp3) is 0.200. The summed E-state index contributed by atoms with van der Waals surface area (Å²) < 4.78 is 44.7. The lowest BCUT2D eigenvalue weighted by atomic mass is 10.1. The topological polar surface area (TPSA) is 67.4 Å². The van der Waals surface area contributed by atoms with Gasteiger partial charge in [-0.25, -0.2) is 13.2 Å². The summed E-state index contributed by atoms with van der Waals surface area (Å²) in [5.41, 5.74) is 0.518. The monoisotopic (exact) mass is 426 g/mol. The third kappa shape index (κ3) is 7.87. The molecule has 0 aliphatic carbocycles. The van der Waals surface area contributed by atoms with E-state index in [1.54, 1.807) is 0 Å². The van der Waals surface area contributed by atoms with Gasteiger partial charge in [0.1, 0.15) is 23.2 Å². The van der Waals surface area contributed by atoms with E-state index < -0.39 is 29.3 Å². The molecule has 0 aliphatic heterocycles. The second kappa shape index (κ2) is 10.5. The lowest BCUT2D eigenvalue weighted by Crippen LogP contribution is -2.32. The average molecular weight is 427 g/mol. The summed E-state index contributed by atoms with van der Waals surface area (Å²) in [4.78, 5) is 23.6. The Morgan fingerprint density at radius 3 is 2.38 bits per heavy atom. The predicted octanol–water partition coefficient (Wildman–Crippen LogP) is 3.52. The maximum Gasteiger partial charge on any atom is 0.257 e. The Bertz CT molecular complexity index is 902. The van der Waals surface area contributed by atoms with E-state index >= 15 is 0 Å². The smallest absolute Gasteiger partial charge is 0.257 e. The first-order valence-electron chi connectivity index (χ1n) is 8.50. The van der Waals surface area contributed by atoms with Crippen LogP contribution in [0.1, 0.15) is 12.0 Å². The number of carbonyl (C=O) groups is 2. The molecule has 0 fully saturated rings. The molecule has 9 heteroatoms. The van der Waals surface area contributed by atoms with E-state index in [2.05, 4.69) is 17.2 Å². The van der Waals surface area contributed by atoms with Crippen molar-refractivity contribution in [1.29, 1.82) is 0 Å². The van der Waals surface area contributed by atoms with Gasteiger partial charge in [-0.05, 0) is 29.8 Å². The molecule has 0 bridgehead atoms. The Morgan fingerprint density at radius 1 is 1.03 bits per heavy atom. The number of hydrogen-bond donors (Lipinski definition) is 2. The maximum atomic E-state index is 13.3.